The van der Waals surface area contributed by atoms with Crippen molar-refractivity contribution < 1.29 is 0 Å². The average Bonchev–Trinajstić information content (AvgIpc) is 2.90. The van der Waals surface area contributed by atoms with Gasteiger partial charge < -0.3 is 10.6 Å². The Kier molecular flexibility index (Phi) is 3.23. The molecular weight excluding hydrogens is 284 g/mol. The first-order valence-corrected chi connectivity index (χ1v) is 8.17. The van der Waals surface area contributed by atoms with E-state index in [2.05, 4.69) is 34.2 Å². The molecule has 1 aromatic heterocycles. The summed E-state index contributed by atoms with van der Waals surface area (Å²) >= 11 is 0. The first-order valence-electron chi connectivity index (χ1n) is 8.17. The van der Waals surface area contributed by atoms with Gasteiger partial charge in [-0.3, -0.25) is 0 Å². The highest BCUT2D eigenvalue weighted by molar-refractivity contribution is 5.52. The maximum atomic E-state index is 9.50. The largest absolute Gasteiger partial charge is 0.399 e. The van der Waals surface area contributed by atoms with E-state index in [0.717, 1.165) is 43.9 Å². The van der Waals surface area contributed by atoms with Gasteiger partial charge in [0.15, 0.2) is 0 Å². The SMILES string of the molecule is N#CC1CC2(CCN(c3cc(N)ccn3)CC2)c2ccccc21. The fourth-order valence-corrected chi connectivity index (χ4v) is 4.25. The number of piperidine rings is 1. The summed E-state index contributed by atoms with van der Waals surface area (Å²) in [7, 11) is 0. The van der Waals surface area contributed by atoms with Crippen molar-refractivity contribution in [3.63, 3.8) is 0 Å². The molecule has 1 saturated heterocycles. The minimum atomic E-state index is 0.0447. The maximum absolute atomic E-state index is 9.50. The number of aromatic nitrogens is 1. The summed E-state index contributed by atoms with van der Waals surface area (Å²) in [4.78, 5) is 6.76. The number of pyridine rings is 1. The summed E-state index contributed by atoms with van der Waals surface area (Å²) < 4.78 is 0. The predicted octanol–water partition coefficient (Wildman–Crippen LogP) is 3.21. The van der Waals surface area contributed by atoms with Gasteiger partial charge >= 0.3 is 0 Å². The number of rotatable bonds is 1. The third kappa shape index (κ3) is 2.24. The second kappa shape index (κ2) is 5.27. The van der Waals surface area contributed by atoms with Gasteiger partial charge in [0, 0.05) is 36.5 Å². The zero-order valence-electron chi connectivity index (χ0n) is 13.1. The Morgan fingerprint density at radius 1 is 1.22 bits per heavy atom. The zero-order valence-corrected chi connectivity index (χ0v) is 13.1. The van der Waals surface area contributed by atoms with E-state index in [4.69, 9.17) is 5.73 Å². The molecule has 0 radical (unpaired) electrons. The van der Waals surface area contributed by atoms with E-state index in [1.165, 1.54) is 11.1 Å². The maximum Gasteiger partial charge on any atom is 0.130 e. The van der Waals surface area contributed by atoms with Gasteiger partial charge in [-0.1, -0.05) is 24.3 Å². The second-order valence-electron chi connectivity index (χ2n) is 6.69. The lowest BCUT2D eigenvalue weighted by Gasteiger charge is -2.40. The third-order valence-electron chi connectivity index (χ3n) is 5.47. The molecule has 1 aliphatic carbocycles. The second-order valence-corrected chi connectivity index (χ2v) is 6.69. The van der Waals surface area contributed by atoms with Crippen LogP contribution in [0.25, 0.3) is 0 Å². The first-order chi connectivity index (χ1) is 11.2. The van der Waals surface area contributed by atoms with E-state index >= 15 is 0 Å². The van der Waals surface area contributed by atoms with E-state index < -0.39 is 0 Å². The van der Waals surface area contributed by atoms with Gasteiger partial charge in [-0.15, -0.1) is 0 Å². The van der Waals surface area contributed by atoms with Crippen molar-refractivity contribution in [1.29, 1.82) is 5.26 Å². The van der Waals surface area contributed by atoms with Crippen molar-refractivity contribution in [3.05, 3.63) is 53.7 Å². The molecule has 2 heterocycles. The van der Waals surface area contributed by atoms with E-state index in [0.29, 0.717) is 0 Å². The van der Waals surface area contributed by atoms with E-state index in [9.17, 15) is 5.26 Å². The van der Waals surface area contributed by atoms with Crippen molar-refractivity contribution in [2.45, 2.75) is 30.6 Å². The Labute approximate surface area is 136 Å². The molecule has 0 saturated carbocycles. The van der Waals surface area contributed by atoms with Crippen molar-refractivity contribution in [2.75, 3.05) is 23.7 Å². The van der Waals surface area contributed by atoms with Crippen LogP contribution in [-0.4, -0.2) is 18.1 Å². The zero-order chi connectivity index (χ0) is 15.9. The van der Waals surface area contributed by atoms with Crippen LogP contribution in [0.4, 0.5) is 11.5 Å². The Bertz CT molecular complexity index is 769. The molecule has 2 aliphatic rings. The van der Waals surface area contributed by atoms with Crippen molar-refractivity contribution >= 4 is 11.5 Å². The van der Waals surface area contributed by atoms with Crippen LogP contribution < -0.4 is 10.6 Å². The molecule has 23 heavy (non-hydrogen) atoms. The molecule has 4 heteroatoms. The van der Waals surface area contributed by atoms with Gasteiger partial charge in [-0.2, -0.15) is 5.26 Å². The van der Waals surface area contributed by atoms with E-state index in [1.54, 1.807) is 6.20 Å². The quantitative estimate of drug-likeness (QED) is 0.878. The molecule has 2 aromatic rings. The summed E-state index contributed by atoms with van der Waals surface area (Å²) in [6.45, 7) is 1.92. The van der Waals surface area contributed by atoms with Crippen molar-refractivity contribution in [3.8, 4) is 6.07 Å². The van der Waals surface area contributed by atoms with Crippen LogP contribution in [-0.2, 0) is 5.41 Å². The summed E-state index contributed by atoms with van der Waals surface area (Å²) in [6.07, 6.45) is 4.87. The molecule has 1 aromatic carbocycles. The number of fused-ring (bicyclic) bond motifs is 2. The van der Waals surface area contributed by atoms with Crippen LogP contribution >= 0.6 is 0 Å². The Morgan fingerprint density at radius 2 is 2.00 bits per heavy atom. The summed E-state index contributed by atoms with van der Waals surface area (Å²) in [5, 5.41) is 9.50. The molecule has 116 valence electrons. The number of nitrogens with zero attached hydrogens (tertiary/aromatic N) is 3. The number of nitrogen functional groups attached to an aromatic ring is 1. The van der Waals surface area contributed by atoms with Crippen LogP contribution in [0.1, 0.15) is 36.3 Å². The van der Waals surface area contributed by atoms with Gasteiger partial charge in [-0.05, 0) is 36.5 Å². The summed E-state index contributed by atoms with van der Waals surface area (Å²) in [5.74, 6) is 1.01. The average molecular weight is 304 g/mol. The smallest absolute Gasteiger partial charge is 0.130 e. The van der Waals surface area contributed by atoms with Crippen molar-refractivity contribution in [2.24, 2.45) is 0 Å². The summed E-state index contributed by atoms with van der Waals surface area (Å²) in [6, 6.07) is 14.8. The van der Waals surface area contributed by atoms with Gasteiger partial charge in [0.25, 0.3) is 0 Å². The molecule has 2 N–H and O–H groups in total. The highest BCUT2D eigenvalue weighted by atomic mass is 15.2. The van der Waals surface area contributed by atoms with E-state index in [-0.39, 0.29) is 11.3 Å². The molecule has 1 aliphatic heterocycles. The minimum absolute atomic E-state index is 0.0447. The lowest BCUT2D eigenvalue weighted by molar-refractivity contribution is 0.323. The van der Waals surface area contributed by atoms with Crippen molar-refractivity contribution in [1.82, 2.24) is 4.98 Å². The standard InChI is InChI=1S/C19H20N4/c20-13-14-12-19(17-4-2-1-3-16(14)17)6-9-23(10-7-19)18-11-15(21)5-8-22-18/h1-5,8,11,14H,6-7,9-10,12H2,(H2,21,22). The number of benzene rings is 1. The molecule has 4 rings (SSSR count). The molecule has 1 spiro atoms. The number of hydrogen-bond acceptors (Lipinski definition) is 4. The number of nitrogens with two attached hydrogens (primary N) is 1. The Morgan fingerprint density at radius 3 is 2.74 bits per heavy atom. The van der Waals surface area contributed by atoms with Gasteiger partial charge in [0.2, 0.25) is 0 Å². The monoisotopic (exact) mass is 304 g/mol. The number of nitriles is 1. The van der Waals surface area contributed by atoms with E-state index in [1.807, 2.05) is 18.2 Å². The number of anilines is 2. The molecule has 0 amide bonds. The van der Waals surface area contributed by atoms with Gasteiger partial charge in [-0.25, -0.2) is 4.98 Å². The number of hydrogen-bond donors (Lipinski definition) is 1. The lowest BCUT2D eigenvalue weighted by atomic mass is 9.73. The van der Waals surface area contributed by atoms with Crippen LogP contribution in [0.3, 0.4) is 0 Å². The molecular formula is C19H20N4. The minimum Gasteiger partial charge on any atom is -0.399 e. The Hall–Kier alpha value is -2.54. The molecule has 4 nitrogen and oxygen atoms in total. The fraction of sp³-hybridized carbons (Fsp3) is 0.368. The van der Waals surface area contributed by atoms with Crippen LogP contribution in [0, 0.1) is 11.3 Å². The van der Waals surface area contributed by atoms with Gasteiger partial charge in [0.1, 0.15) is 5.82 Å². The van der Waals surface area contributed by atoms with Crippen LogP contribution in [0.2, 0.25) is 0 Å². The topological polar surface area (TPSA) is 65.9 Å². The van der Waals surface area contributed by atoms with Gasteiger partial charge in [0.05, 0.1) is 12.0 Å². The normalized spacial score (nSPS) is 21.9. The summed E-state index contributed by atoms with van der Waals surface area (Å²) in [5.41, 5.74) is 9.43. The fourth-order valence-electron chi connectivity index (χ4n) is 4.25. The Balaban J connectivity index is 1.59. The molecule has 1 atom stereocenters. The first kappa shape index (κ1) is 14.1. The van der Waals surface area contributed by atoms with Crippen LogP contribution in [0.5, 0.6) is 0 Å². The molecule has 1 unspecified atom stereocenters. The van der Waals surface area contributed by atoms with Crippen LogP contribution in [0.15, 0.2) is 42.6 Å². The predicted molar refractivity (Wildman–Crippen MR) is 91.2 cm³/mol. The lowest BCUT2D eigenvalue weighted by Crippen LogP contribution is -2.42. The highest BCUT2D eigenvalue weighted by Gasteiger charge is 2.45. The molecule has 0 bridgehead atoms. The third-order valence-corrected chi connectivity index (χ3v) is 5.47. The molecule has 1 fully saturated rings. The highest BCUT2D eigenvalue weighted by Crippen LogP contribution is 2.51.